The first-order chi connectivity index (χ1) is 7.67. The van der Waals surface area contributed by atoms with E-state index in [0.717, 1.165) is 19.4 Å². The summed E-state index contributed by atoms with van der Waals surface area (Å²) in [6, 6.07) is 0. The van der Waals surface area contributed by atoms with Crippen LogP contribution in [0.25, 0.3) is 0 Å². The van der Waals surface area contributed by atoms with Crippen LogP contribution in [0.1, 0.15) is 19.8 Å². The predicted molar refractivity (Wildman–Crippen MR) is 64.0 cm³/mol. The maximum Gasteiger partial charge on any atom is 0.215 e. The molecule has 1 aliphatic rings. The van der Waals surface area contributed by atoms with Gasteiger partial charge in [-0.3, -0.25) is 0 Å². The standard InChI is InChI=1S/C10H22N2O3S/c1-2-4-11-5-10-16(13,14)12-6-3-8-15-9-7-12/h11H,2-10H2,1H3. The van der Waals surface area contributed by atoms with Crippen LogP contribution in [0.3, 0.4) is 0 Å². The second kappa shape index (κ2) is 7.21. The molecule has 0 aromatic heterocycles. The molecule has 0 radical (unpaired) electrons. The van der Waals surface area contributed by atoms with Crippen LogP contribution in [0.15, 0.2) is 0 Å². The highest BCUT2D eigenvalue weighted by Gasteiger charge is 2.22. The first-order valence-electron chi connectivity index (χ1n) is 5.93. The molecule has 0 bridgehead atoms. The van der Waals surface area contributed by atoms with E-state index in [1.807, 2.05) is 0 Å². The zero-order chi connectivity index (χ0) is 11.9. The highest BCUT2D eigenvalue weighted by atomic mass is 32.2. The van der Waals surface area contributed by atoms with Crippen molar-refractivity contribution < 1.29 is 13.2 Å². The van der Waals surface area contributed by atoms with Gasteiger partial charge in [0.1, 0.15) is 0 Å². The van der Waals surface area contributed by atoms with Gasteiger partial charge in [0, 0.05) is 26.2 Å². The molecule has 0 unspecified atom stereocenters. The molecule has 1 N–H and O–H groups in total. The summed E-state index contributed by atoms with van der Waals surface area (Å²) in [5.41, 5.74) is 0. The Morgan fingerprint density at radius 2 is 2.06 bits per heavy atom. The molecule has 5 nitrogen and oxygen atoms in total. The van der Waals surface area contributed by atoms with Gasteiger partial charge in [-0.1, -0.05) is 6.92 Å². The largest absolute Gasteiger partial charge is 0.380 e. The van der Waals surface area contributed by atoms with E-state index in [1.54, 1.807) is 4.31 Å². The van der Waals surface area contributed by atoms with Crippen LogP contribution in [-0.4, -0.2) is 57.9 Å². The lowest BCUT2D eigenvalue weighted by Gasteiger charge is -2.19. The lowest BCUT2D eigenvalue weighted by atomic mass is 10.5. The van der Waals surface area contributed by atoms with Gasteiger partial charge < -0.3 is 10.1 Å². The summed E-state index contributed by atoms with van der Waals surface area (Å²) in [5.74, 6) is 0.188. The van der Waals surface area contributed by atoms with Crippen molar-refractivity contribution in [3.05, 3.63) is 0 Å². The summed E-state index contributed by atoms with van der Waals surface area (Å²) in [7, 11) is -3.10. The quantitative estimate of drug-likeness (QED) is 0.676. The van der Waals surface area contributed by atoms with E-state index in [1.165, 1.54) is 0 Å². The summed E-state index contributed by atoms with van der Waals surface area (Å²) in [6.45, 7) is 5.74. The summed E-state index contributed by atoms with van der Waals surface area (Å²) >= 11 is 0. The fourth-order valence-corrected chi connectivity index (χ4v) is 3.05. The maximum atomic E-state index is 11.9. The van der Waals surface area contributed by atoms with Crippen LogP contribution in [-0.2, 0) is 14.8 Å². The van der Waals surface area contributed by atoms with Crippen molar-refractivity contribution in [2.75, 3.05) is 45.1 Å². The first kappa shape index (κ1) is 13.9. The minimum absolute atomic E-state index is 0.188. The van der Waals surface area contributed by atoms with Crippen molar-refractivity contribution in [1.29, 1.82) is 0 Å². The second-order valence-electron chi connectivity index (χ2n) is 3.93. The van der Waals surface area contributed by atoms with Gasteiger partial charge in [-0.2, -0.15) is 4.31 Å². The van der Waals surface area contributed by atoms with Crippen LogP contribution < -0.4 is 5.32 Å². The van der Waals surface area contributed by atoms with Gasteiger partial charge >= 0.3 is 0 Å². The zero-order valence-electron chi connectivity index (χ0n) is 9.94. The van der Waals surface area contributed by atoms with E-state index in [0.29, 0.717) is 32.8 Å². The monoisotopic (exact) mass is 250 g/mol. The molecular weight excluding hydrogens is 228 g/mol. The molecule has 0 spiro atoms. The molecule has 0 atom stereocenters. The number of hydrogen-bond donors (Lipinski definition) is 1. The number of sulfonamides is 1. The van der Waals surface area contributed by atoms with Crippen molar-refractivity contribution in [2.45, 2.75) is 19.8 Å². The number of ether oxygens (including phenoxy) is 1. The highest BCUT2D eigenvalue weighted by Crippen LogP contribution is 2.06. The van der Waals surface area contributed by atoms with Crippen LogP contribution in [0.4, 0.5) is 0 Å². The number of nitrogens with one attached hydrogen (secondary N) is 1. The minimum atomic E-state index is -3.10. The average molecular weight is 250 g/mol. The Bertz CT molecular complexity index is 272. The summed E-state index contributed by atoms with van der Waals surface area (Å²) in [5, 5.41) is 3.11. The maximum absolute atomic E-state index is 11.9. The molecule has 16 heavy (non-hydrogen) atoms. The van der Waals surface area contributed by atoms with E-state index >= 15 is 0 Å². The van der Waals surface area contributed by atoms with Gasteiger partial charge in [0.15, 0.2) is 0 Å². The van der Waals surface area contributed by atoms with Crippen molar-refractivity contribution in [3.63, 3.8) is 0 Å². The summed E-state index contributed by atoms with van der Waals surface area (Å²) in [6.07, 6.45) is 1.82. The third kappa shape index (κ3) is 4.78. The number of hydrogen-bond acceptors (Lipinski definition) is 4. The second-order valence-corrected chi connectivity index (χ2v) is 6.02. The summed E-state index contributed by atoms with van der Waals surface area (Å²) in [4.78, 5) is 0. The molecule has 0 aromatic carbocycles. The fourth-order valence-electron chi connectivity index (χ4n) is 1.63. The van der Waals surface area contributed by atoms with Crippen LogP contribution >= 0.6 is 0 Å². The molecule has 0 aromatic rings. The van der Waals surface area contributed by atoms with Crippen LogP contribution in [0, 0.1) is 0 Å². The number of rotatable bonds is 6. The normalized spacial score (nSPS) is 19.6. The van der Waals surface area contributed by atoms with Gasteiger partial charge in [-0.15, -0.1) is 0 Å². The van der Waals surface area contributed by atoms with E-state index in [2.05, 4.69) is 12.2 Å². The topological polar surface area (TPSA) is 58.6 Å². The SMILES string of the molecule is CCCNCCS(=O)(=O)N1CCCOCC1. The molecule has 6 heteroatoms. The third-order valence-corrected chi connectivity index (χ3v) is 4.41. The Balaban J connectivity index is 2.36. The van der Waals surface area contributed by atoms with Gasteiger partial charge in [0.2, 0.25) is 10.0 Å². The van der Waals surface area contributed by atoms with Gasteiger partial charge in [-0.25, -0.2) is 8.42 Å². The Labute approximate surface area is 98.2 Å². The van der Waals surface area contributed by atoms with Crippen molar-refractivity contribution in [2.24, 2.45) is 0 Å². The Kier molecular flexibility index (Phi) is 6.26. The lowest BCUT2D eigenvalue weighted by molar-refractivity contribution is 0.148. The Morgan fingerprint density at radius 3 is 2.81 bits per heavy atom. The molecule has 0 amide bonds. The third-order valence-electron chi connectivity index (χ3n) is 2.54. The molecule has 1 saturated heterocycles. The molecule has 0 saturated carbocycles. The highest BCUT2D eigenvalue weighted by molar-refractivity contribution is 7.89. The molecule has 96 valence electrons. The van der Waals surface area contributed by atoms with E-state index in [4.69, 9.17) is 4.74 Å². The van der Waals surface area contributed by atoms with Gasteiger partial charge in [0.25, 0.3) is 0 Å². The number of nitrogens with zero attached hydrogens (tertiary/aromatic N) is 1. The first-order valence-corrected chi connectivity index (χ1v) is 7.54. The zero-order valence-corrected chi connectivity index (χ0v) is 10.8. The van der Waals surface area contributed by atoms with E-state index < -0.39 is 10.0 Å². The Hall–Kier alpha value is -0.170. The van der Waals surface area contributed by atoms with Crippen molar-refractivity contribution in [1.82, 2.24) is 9.62 Å². The molecule has 1 rings (SSSR count). The predicted octanol–water partition coefficient (Wildman–Crippen LogP) is 0.0381. The van der Waals surface area contributed by atoms with Crippen LogP contribution in [0.2, 0.25) is 0 Å². The van der Waals surface area contributed by atoms with Gasteiger partial charge in [0.05, 0.1) is 12.4 Å². The lowest BCUT2D eigenvalue weighted by Crippen LogP contribution is -2.38. The average Bonchev–Trinajstić information content (AvgIpc) is 2.53. The smallest absolute Gasteiger partial charge is 0.215 e. The van der Waals surface area contributed by atoms with Gasteiger partial charge in [-0.05, 0) is 19.4 Å². The van der Waals surface area contributed by atoms with Crippen LogP contribution in [0.5, 0.6) is 0 Å². The minimum Gasteiger partial charge on any atom is -0.380 e. The summed E-state index contributed by atoms with van der Waals surface area (Å²) < 4.78 is 30.7. The van der Waals surface area contributed by atoms with Crippen molar-refractivity contribution in [3.8, 4) is 0 Å². The van der Waals surface area contributed by atoms with E-state index in [9.17, 15) is 8.42 Å². The molecular formula is C10H22N2O3S. The fraction of sp³-hybridized carbons (Fsp3) is 1.00. The molecule has 0 aliphatic carbocycles. The van der Waals surface area contributed by atoms with Crippen molar-refractivity contribution >= 4 is 10.0 Å². The van der Waals surface area contributed by atoms with E-state index in [-0.39, 0.29) is 5.75 Å². The molecule has 1 fully saturated rings. The molecule has 1 aliphatic heterocycles. The molecule has 1 heterocycles. The Morgan fingerprint density at radius 1 is 1.25 bits per heavy atom.